The van der Waals surface area contributed by atoms with E-state index in [1.54, 1.807) is 0 Å². The van der Waals surface area contributed by atoms with E-state index < -0.39 is 0 Å². The highest BCUT2D eigenvalue weighted by Crippen LogP contribution is 2.13. The van der Waals surface area contributed by atoms with Crippen LogP contribution in [-0.4, -0.2) is 74.2 Å². The third-order valence-corrected chi connectivity index (χ3v) is 5.45. The first kappa shape index (κ1) is 21.7. The smallest absolute Gasteiger partial charge is 0.191 e. The van der Waals surface area contributed by atoms with E-state index in [2.05, 4.69) is 85.6 Å². The minimum absolute atomic E-state index is 0.394. The summed E-state index contributed by atoms with van der Waals surface area (Å²) in [6.45, 7) is 10.7. The second-order valence-electron chi connectivity index (χ2n) is 8.08. The van der Waals surface area contributed by atoms with E-state index in [-0.39, 0.29) is 0 Å². The number of nitrogens with one attached hydrogen (secondary N) is 2. The molecule has 1 heterocycles. The van der Waals surface area contributed by atoms with E-state index in [4.69, 9.17) is 4.99 Å². The van der Waals surface area contributed by atoms with E-state index in [1.165, 1.54) is 31.5 Å². The van der Waals surface area contributed by atoms with E-state index in [1.807, 2.05) is 0 Å². The quantitative estimate of drug-likeness (QED) is 0.543. The summed E-state index contributed by atoms with van der Waals surface area (Å²) in [7, 11) is 4.29. The minimum atomic E-state index is 0.394. The van der Waals surface area contributed by atoms with Gasteiger partial charge in [0, 0.05) is 37.8 Å². The maximum absolute atomic E-state index is 4.92. The average molecular weight is 374 g/mol. The lowest BCUT2D eigenvalue weighted by Crippen LogP contribution is -2.50. The van der Waals surface area contributed by atoms with Gasteiger partial charge in [-0.2, -0.15) is 0 Å². The SMILES string of the molecule is CCNC(=NCC(Cc1ccccc1)N(C)C)NC1CCN(C(C)C)CC1. The normalized spacial score (nSPS) is 18.1. The van der Waals surface area contributed by atoms with Crippen molar-refractivity contribution in [2.75, 3.05) is 40.3 Å². The zero-order chi connectivity index (χ0) is 19.6. The summed E-state index contributed by atoms with van der Waals surface area (Å²) in [6.07, 6.45) is 3.39. The van der Waals surface area contributed by atoms with Crippen LogP contribution in [0.1, 0.15) is 39.2 Å². The van der Waals surface area contributed by atoms with Crippen LogP contribution in [-0.2, 0) is 6.42 Å². The second-order valence-corrected chi connectivity index (χ2v) is 8.08. The van der Waals surface area contributed by atoms with Crippen LogP contribution >= 0.6 is 0 Å². The standard InChI is InChI=1S/C22H39N5/c1-6-23-22(25-20-12-14-27(15-13-20)18(2)3)24-17-21(26(4)5)16-19-10-8-7-9-11-19/h7-11,18,20-21H,6,12-17H2,1-5H3,(H2,23,24,25). The van der Waals surface area contributed by atoms with Crippen molar-refractivity contribution in [3.63, 3.8) is 0 Å². The Hall–Kier alpha value is -1.59. The molecule has 5 nitrogen and oxygen atoms in total. The van der Waals surface area contributed by atoms with E-state index in [0.717, 1.165) is 25.5 Å². The molecular formula is C22H39N5. The third kappa shape index (κ3) is 7.51. The van der Waals surface area contributed by atoms with Gasteiger partial charge >= 0.3 is 0 Å². The van der Waals surface area contributed by atoms with Gasteiger partial charge in [-0.05, 0) is 59.7 Å². The Morgan fingerprint density at radius 3 is 2.41 bits per heavy atom. The maximum atomic E-state index is 4.92. The van der Waals surface area contributed by atoms with Gasteiger partial charge in [0.05, 0.1) is 6.54 Å². The molecule has 27 heavy (non-hydrogen) atoms. The number of likely N-dealkylation sites (tertiary alicyclic amines) is 1. The van der Waals surface area contributed by atoms with Gasteiger partial charge in [-0.3, -0.25) is 4.99 Å². The Kier molecular flexibility index (Phi) is 9.08. The molecule has 1 aliphatic heterocycles. The number of likely N-dealkylation sites (N-methyl/N-ethyl adjacent to an activating group) is 1. The molecule has 5 heteroatoms. The third-order valence-electron chi connectivity index (χ3n) is 5.45. The van der Waals surface area contributed by atoms with Crippen molar-refractivity contribution in [2.24, 2.45) is 4.99 Å². The van der Waals surface area contributed by atoms with Crippen molar-refractivity contribution in [3.05, 3.63) is 35.9 Å². The number of aliphatic imine (C=N–C) groups is 1. The van der Waals surface area contributed by atoms with Crippen molar-refractivity contribution in [1.29, 1.82) is 0 Å². The molecule has 0 radical (unpaired) electrons. The highest BCUT2D eigenvalue weighted by molar-refractivity contribution is 5.80. The van der Waals surface area contributed by atoms with E-state index >= 15 is 0 Å². The Morgan fingerprint density at radius 2 is 1.85 bits per heavy atom. The Bertz CT molecular complexity index is 547. The van der Waals surface area contributed by atoms with Gasteiger partial charge < -0.3 is 20.4 Å². The van der Waals surface area contributed by atoms with Gasteiger partial charge in [0.15, 0.2) is 5.96 Å². The summed E-state index contributed by atoms with van der Waals surface area (Å²) in [6, 6.07) is 12.3. The predicted octanol–water partition coefficient (Wildman–Crippen LogP) is 2.59. The molecule has 0 aromatic heterocycles. The lowest BCUT2D eigenvalue weighted by atomic mass is 10.0. The van der Waals surface area contributed by atoms with Crippen molar-refractivity contribution in [1.82, 2.24) is 20.4 Å². The fraction of sp³-hybridized carbons (Fsp3) is 0.682. The van der Waals surface area contributed by atoms with Crippen LogP contribution in [0.5, 0.6) is 0 Å². The molecule has 0 spiro atoms. The summed E-state index contributed by atoms with van der Waals surface area (Å²) >= 11 is 0. The fourth-order valence-electron chi connectivity index (χ4n) is 3.57. The number of benzene rings is 1. The summed E-state index contributed by atoms with van der Waals surface area (Å²) in [5.74, 6) is 0.959. The van der Waals surface area contributed by atoms with Gasteiger partial charge in [0.25, 0.3) is 0 Å². The zero-order valence-electron chi connectivity index (χ0n) is 17.9. The first-order valence-corrected chi connectivity index (χ1v) is 10.5. The average Bonchev–Trinajstić information content (AvgIpc) is 2.66. The Morgan fingerprint density at radius 1 is 1.19 bits per heavy atom. The molecule has 1 saturated heterocycles. The Balaban J connectivity index is 1.92. The minimum Gasteiger partial charge on any atom is -0.357 e. The van der Waals surface area contributed by atoms with Gasteiger partial charge in [0.2, 0.25) is 0 Å². The lowest BCUT2D eigenvalue weighted by Gasteiger charge is -2.35. The maximum Gasteiger partial charge on any atom is 0.191 e. The first-order valence-electron chi connectivity index (χ1n) is 10.5. The van der Waals surface area contributed by atoms with Crippen LogP contribution < -0.4 is 10.6 Å². The van der Waals surface area contributed by atoms with Crippen LogP contribution in [0.15, 0.2) is 35.3 Å². The summed E-state index contributed by atoms with van der Waals surface area (Å²) in [4.78, 5) is 9.76. The lowest BCUT2D eigenvalue weighted by molar-refractivity contribution is 0.167. The van der Waals surface area contributed by atoms with Crippen LogP contribution in [0.4, 0.5) is 0 Å². The summed E-state index contributed by atoms with van der Waals surface area (Å²) in [5.41, 5.74) is 1.37. The molecule has 1 atom stereocenters. The summed E-state index contributed by atoms with van der Waals surface area (Å²) in [5, 5.41) is 7.10. The largest absolute Gasteiger partial charge is 0.357 e. The molecule has 152 valence electrons. The number of rotatable bonds is 8. The molecule has 2 N–H and O–H groups in total. The van der Waals surface area contributed by atoms with Crippen LogP contribution in [0, 0.1) is 0 Å². The van der Waals surface area contributed by atoms with E-state index in [0.29, 0.717) is 18.1 Å². The number of hydrogen-bond donors (Lipinski definition) is 2. The molecule has 0 saturated carbocycles. The molecule has 1 aromatic carbocycles. The highest BCUT2D eigenvalue weighted by Gasteiger charge is 2.21. The van der Waals surface area contributed by atoms with Gasteiger partial charge in [-0.25, -0.2) is 0 Å². The molecule has 1 unspecified atom stereocenters. The highest BCUT2D eigenvalue weighted by atomic mass is 15.2. The first-order chi connectivity index (χ1) is 13.0. The number of guanidine groups is 1. The van der Waals surface area contributed by atoms with Crippen LogP contribution in [0.2, 0.25) is 0 Å². The molecule has 0 amide bonds. The summed E-state index contributed by atoms with van der Waals surface area (Å²) < 4.78 is 0. The van der Waals surface area contributed by atoms with Crippen molar-refractivity contribution in [2.45, 2.75) is 58.2 Å². The monoisotopic (exact) mass is 373 g/mol. The topological polar surface area (TPSA) is 42.9 Å². The predicted molar refractivity (Wildman–Crippen MR) is 116 cm³/mol. The molecule has 2 rings (SSSR count). The van der Waals surface area contributed by atoms with Crippen molar-refractivity contribution in [3.8, 4) is 0 Å². The number of nitrogens with zero attached hydrogens (tertiary/aromatic N) is 3. The zero-order valence-corrected chi connectivity index (χ0v) is 17.9. The molecule has 1 fully saturated rings. The molecule has 1 aromatic rings. The molecule has 0 bridgehead atoms. The van der Waals surface area contributed by atoms with Gasteiger partial charge in [0.1, 0.15) is 0 Å². The fourth-order valence-corrected chi connectivity index (χ4v) is 3.57. The molecular weight excluding hydrogens is 334 g/mol. The molecule has 1 aliphatic rings. The van der Waals surface area contributed by atoms with Gasteiger partial charge in [-0.1, -0.05) is 30.3 Å². The van der Waals surface area contributed by atoms with Crippen molar-refractivity contribution < 1.29 is 0 Å². The number of hydrogen-bond acceptors (Lipinski definition) is 3. The number of piperidine rings is 1. The Labute approximate surface area is 166 Å². The van der Waals surface area contributed by atoms with E-state index in [9.17, 15) is 0 Å². The van der Waals surface area contributed by atoms with Gasteiger partial charge in [-0.15, -0.1) is 0 Å². The molecule has 0 aliphatic carbocycles. The van der Waals surface area contributed by atoms with Crippen LogP contribution in [0.25, 0.3) is 0 Å². The van der Waals surface area contributed by atoms with Crippen LogP contribution in [0.3, 0.4) is 0 Å². The second kappa shape index (κ2) is 11.3. The van der Waals surface area contributed by atoms with Crippen molar-refractivity contribution >= 4 is 5.96 Å².